The minimum Gasteiger partial charge on any atom is -0.494 e. The molecule has 21 heavy (non-hydrogen) atoms. The van der Waals surface area contributed by atoms with Gasteiger partial charge in [0.15, 0.2) is 0 Å². The Morgan fingerprint density at radius 2 is 2.14 bits per heavy atom. The lowest BCUT2D eigenvalue weighted by Crippen LogP contribution is -2.31. The maximum absolute atomic E-state index is 12.0. The molecule has 0 radical (unpaired) electrons. The van der Waals surface area contributed by atoms with Gasteiger partial charge in [0.05, 0.1) is 6.61 Å². The molecule has 0 bridgehead atoms. The predicted molar refractivity (Wildman–Crippen MR) is 86.6 cm³/mol. The van der Waals surface area contributed by atoms with Crippen LogP contribution in [-0.4, -0.2) is 18.6 Å². The van der Waals surface area contributed by atoms with Crippen LogP contribution in [0.4, 0.5) is 0 Å². The first-order valence-electron chi connectivity index (χ1n) is 7.43. The fourth-order valence-corrected chi connectivity index (χ4v) is 2.77. The van der Waals surface area contributed by atoms with E-state index in [-0.39, 0.29) is 24.4 Å². The average Bonchev–Trinajstić information content (AvgIpc) is 2.84. The van der Waals surface area contributed by atoms with Gasteiger partial charge in [-0.1, -0.05) is 24.6 Å². The van der Waals surface area contributed by atoms with Crippen molar-refractivity contribution < 1.29 is 9.53 Å². The highest BCUT2D eigenvalue weighted by Crippen LogP contribution is 2.26. The molecule has 1 aromatic rings. The van der Waals surface area contributed by atoms with Crippen LogP contribution in [0.5, 0.6) is 5.75 Å². The van der Waals surface area contributed by atoms with Gasteiger partial charge in [0, 0.05) is 24.6 Å². The number of benzene rings is 1. The van der Waals surface area contributed by atoms with E-state index < -0.39 is 0 Å². The van der Waals surface area contributed by atoms with Crippen molar-refractivity contribution in [2.45, 2.75) is 45.2 Å². The zero-order valence-corrected chi connectivity index (χ0v) is 13.3. The molecule has 1 amide bonds. The van der Waals surface area contributed by atoms with Crippen LogP contribution < -0.4 is 15.8 Å². The number of carbonyl (C=O) groups excluding carboxylic acids is 1. The van der Waals surface area contributed by atoms with Crippen LogP contribution in [0.2, 0.25) is 0 Å². The van der Waals surface area contributed by atoms with Crippen LogP contribution >= 0.6 is 12.4 Å². The number of hydrogen-bond acceptors (Lipinski definition) is 3. The van der Waals surface area contributed by atoms with Crippen LogP contribution in [0.25, 0.3) is 0 Å². The zero-order chi connectivity index (χ0) is 14.4. The number of nitrogens with one attached hydrogen (secondary N) is 1. The standard InChI is InChI=1S/C16H24N2O2.ClH/c1-2-20-15-9-4-3-6-13(15)11-18-16(19)10-12-7-5-8-14(12)17;/h3-4,6,9,12,14H,2,5,7-8,10-11,17H2,1H3,(H,18,19);1H/t12-,14+;/m0./s1. The Labute approximate surface area is 132 Å². The van der Waals surface area contributed by atoms with Gasteiger partial charge >= 0.3 is 0 Å². The first kappa shape index (κ1) is 17.8. The van der Waals surface area contributed by atoms with E-state index in [1.165, 1.54) is 0 Å². The summed E-state index contributed by atoms with van der Waals surface area (Å²) in [6.07, 6.45) is 3.81. The number of para-hydroxylation sites is 1. The zero-order valence-electron chi connectivity index (χ0n) is 12.5. The molecule has 1 aromatic carbocycles. The van der Waals surface area contributed by atoms with Gasteiger partial charge in [-0.15, -0.1) is 12.4 Å². The Hall–Kier alpha value is -1.26. The molecule has 0 saturated heterocycles. The van der Waals surface area contributed by atoms with Crippen LogP contribution in [-0.2, 0) is 11.3 Å². The molecule has 4 nitrogen and oxygen atoms in total. The largest absolute Gasteiger partial charge is 0.494 e. The second-order valence-corrected chi connectivity index (χ2v) is 5.38. The Kier molecular flexibility index (Phi) is 7.54. The molecule has 2 atom stereocenters. The number of nitrogens with two attached hydrogens (primary N) is 1. The third-order valence-electron chi connectivity index (χ3n) is 3.91. The number of rotatable bonds is 6. The minimum atomic E-state index is 0. The van der Waals surface area contributed by atoms with E-state index in [1.54, 1.807) is 0 Å². The molecule has 1 aliphatic rings. The average molecular weight is 313 g/mol. The summed E-state index contributed by atoms with van der Waals surface area (Å²) in [5.41, 5.74) is 7.01. The van der Waals surface area contributed by atoms with Gasteiger partial charge in [-0.3, -0.25) is 4.79 Å². The Balaban J connectivity index is 0.00000220. The van der Waals surface area contributed by atoms with Crippen LogP contribution in [0.3, 0.4) is 0 Å². The van der Waals surface area contributed by atoms with Gasteiger partial charge in [-0.2, -0.15) is 0 Å². The lowest BCUT2D eigenvalue weighted by Gasteiger charge is -2.15. The smallest absolute Gasteiger partial charge is 0.220 e. The summed E-state index contributed by atoms with van der Waals surface area (Å²) in [7, 11) is 0. The molecular formula is C16H25ClN2O2. The van der Waals surface area contributed by atoms with Crippen molar-refractivity contribution in [3.8, 4) is 5.75 Å². The van der Waals surface area contributed by atoms with Gasteiger partial charge in [-0.05, 0) is 31.7 Å². The first-order chi connectivity index (χ1) is 9.70. The molecule has 0 heterocycles. The first-order valence-corrected chi connectivity index (χ1v) is 7.43. The van der Waals surface area contributed by atoms with Crippen molar-refractivity contribution in [3.05, 3.63) is 29.8 Å². The highest BCUT2D eigenvalue weighted by Gasteiger charge is 2.25. The summed E-state index contributed by atoms with van der Waals surface area (Å²) in [5, 5.41) is 2.97. The molecular weight excluding hydrogens is 288 g/mol. The highest BCUT2D eigenvalue weighted by atomic mass is 35.5. The SMILES string of the molecule is CCOc1ccccc1CNC(=O)C[C@@H]1CCC[C@H]1N.Cl. The van der Waals surface area contributed by atoms with Crippen LogP contribution in [0.1, 0.15) is 38.2 Å². The Morgan fingerprint density at radius 3 is 2.81 bits per heavy atom. The second-order valence-electron chi connectivity index (χ2n) is 5.38. The molecule has 1 saturated carbocycles. The predicted octanol–water partition coefficient (Wildman–Crippen LogP) is 2.64. The van der Waals surface area contributed by atoms with Gasteiger partial charge < -0.3 is 15.8 Å². The quantitative estimate of drug-likeness (QED) is 0.848. The van der Waals surface area contributed by atoms with E-state index in [0.29, 0.717) is 25.5 Å². The third-order valence-corrected chi connectivity index (χ3v) is 3.91. The van der Waals surface area contributed by atoms with Gasteiger partial charge in [-0.25, -0.2) is 0 Å². The lowest BCUT2D eigenvalue weighted by molar-refractivity contribution is -0.122. The number of ether oxygens (including phenoxy) is 1. The molecule has 1 aliphatic carbocycles. The van der Waals surface area contributed by atoms with Crippen molar-refractivity contribution in [1.29, 1.82) is 0 Å². The molecule has 1 fully saturated rings. The van der Waals surface area contributed by atoms with E-state index in [4.69, 9.17) is 10.5 Å². The molecule has 5 heteroatoms. The second kappa shape index (κ2) is 8.90. The topological polar surface area (TPSA) is 64.3 Å². The molecule has 0 aliphatic heterocycles. The number of halogens is 1. The van der Waals surface area contributed by atoms with Crippen molar-refractivity contribution in [2.24, 2.45) is 11.7 Å². The Morgan fingerprint density at radius 1 is 1.38 bits per heavy atom. The van der Waals surface area contributed by atoms with E-state index in [0.717, 1.165) is 30.6 Å². The normalized spacial score (nSPS) is 20.7. The summed E-state index contributed by atoms with van der Waals surface area (Å²) in [6.45, 7) is 3.09. The van der Waals surface area contributed by atoms with E-state index in [1.807, 2.05) is 31.2 Å². The molecule has 0 unspecified atom stereocenters. The van der Waals surface area contributed by atoms with Crippen molar-refractivity contribution in [3.63, 3.8) is 0 Å². The molecule has 2 rings (SSSR count). The van der Waals surface area contributed by atoms with Gasteiger partial charge in [0.2, 0.25) is 5.91 Å². The van der Waals surface area contributed by atoms with Gasteiger partial charge in [0.25, 0.3) is 0 Å². The van der Waals surface area contributed by atoms with Crippen LogP contribution in [0, 0.1) is 5.92 Å². The van der Waals surface area contributed by atoms with Gasteiger partial charge in [0.1, 0.15) is 5.75 Å². The van der Waals surface area contributed by atoms with E-state index in [2.05, 4.69) is 5.32 Å². The number of carbonyl (C=O) groups is 1. The molecule has 0 aromatic heterocycles. The fourth-order valence-electron chi connectivity index (χ4n) is 2.77. The molecule has 3 N–H and O–H groups in total. The van der Waals surface area contributed by atoms with E-state index >= 15 is 0 Å². The Bertz CT molecular complexity index is 454. The van der Waals surface area contributed by atoms with Crippen LogP contribution in [0.15, 0.2) is 24.3 Å². The monoisotopic (exact) mass is 312 g/mol. The maximum atomic E-state index is 12.0. The third kappa shape index (κ3) is 5.21. The molecule has 118 valence electrons. The summed E-state index contributed by atoms with van der Waals surface area (Å²) in [6, 6.07) is 7.99. The highest BCUT2D eigenvalue weighted by molar-refractivity contribution is 5.85. The number of hydrogen-bond donors (Lipinski definition) is 2. The van der Waals surface area contributed by atoms with Crippen molar-refractivity contribution >= 4 is 18.3 Å². The minimum absolute atomic E-state index is 0. The van der Waals surface area contributed by atoms with Crippen molar-refractivity contribution in [2.75, 3.05) is 6.61 Å². The number of amides is 1. The summed E-state index contributed by atoms with van der Waals surface area (Å²) >= 11 is 0. The maximum Gasteiger partial charge on any atom is 0.220 e. The van der Waals surface area contributed by atoms with Crippen molar-refractivity contribution in [1.82, 2.24) is 5.32 Å². The lowest BCUT2D eigenvalue weighted by atomic mass is 10.00. The summed E-state index contributed by atoms with van der Waals surface area (Å²) in [4.78, 5) is 12.0. The summed E-state index contributed by atoms with van der Waals surface area (Å²) < 4.78 is 5.55. The summed E-state index contributed by atoms with van der Waals surface area (Å²) in [5.74, 6) is 1.27. The fraction of sp³-hybridized carbons (Fsp3) is 0.562. The van der Waals surface area contributed by atoms with E-state index in [9.17, 15) is 4.79 Å². The molecule has 0 spiro atoms.